The zero-order valence-electron chi connectivity index (χ0n) is 15.3. The van der Waals surface area contributed by atoms with E-state index >= 15 is 0 Å². The number of hydrogen-bond donors (Lipinski definition) is 1. The number of aromatic nitrogens is 5. The Labute approximate surface area is 147 Å². The van der Waals surface area contributed by atoms with Gasteiger partial charge in [-0.1, -0.05) is 6.92 Å². The lowest BCUT2D eigenvalue weighted by Crippen LogP contribution is -2.18. The molecule has 0 aliphatic heterocycles. The molecule has 0 fully saturated rings. The molecule has 1 unspecified atom stereocenters. The zero-order chi connectivity index (χ0) is 18.1. The molecule has 1 atom stereocenters. The highest BCUT2D eigenvalue weighted by Crippen LogP contribution is 2.23. The zero-order valence-corrected chi connectivity index (χ0v) is 15.3. The van der Waals surface area contributed by atoms with Crippen molar-refractivity contribution in [2.75, 3.05) is 5.32 Å². The predicted octanol–water partition coefficient (Wildman–Crippen LogP) is 3.74. The van der Waals surface area contributed by atoms with Crippen molar-refractivity contribution < 1.29 is 4.79 Å². The van der Waals surface area contributed by atoms with E-state index in [9.17, 15) is 4.79 Å². The first kappa shape index (κ1) is 17.1. The number of pyridine rings is 1. The van der Waals surface area contributed by atoms with Gasteiger partial charge < -0.3 is 5.32 Å². The highest BCUT2D eigenvalue weighted by molar-refractivity contribution is 6.11. The molecular weight excluding hydrogens is 316 g/mol. The molecule has 25 heavy (non-hydrogen) atoms. The van der Waals surface area contributed by atoms with Crippen molar-refractivity contribution in [1.82, 2.24) is 24.5 Å². The van der Waals surface area contributed by atoms with Crippen LogP contribution in [-0.2, 0) is 0 Å². The molecule has 0 aliphatic rings. The number of rotatable bonds is 5. The maximum Gasteiger partial charge on any atom is 0.257 e. The molecule has 3 aromatic heterocycles. The number of fused-ring (bicyclic) bond motifs is 1. The van der Waals surface area contributed by atoms with Crippen LogP contribution in [-0.4, -0.2) is 30.5 Å². The smallest absolute Gasteiger partial charge is 0.257 e. The van der Waals surface area contributed by atoms with Crippen LogP contribution in [0.2, 0.25) is 0 Å². The van der Waals surface area contributed by atoms with Crippen LogP contribution in [0.4, 0.5) is 5.82 Å². The number of aryl methyl sites for hydroxylation is 1. The second kappa shape index (κ2) is 6.66. The van der Waals surface area contributed by atoms with Gasteiger partial charge in [0.15, 0.2) is 5.65 Å². The van der Waals surface area contributed by atoms with Gasteiger partial charge in [0.05, 0.1) is 29.4 Å². The van der Waals surface area contributed by atoms with Crippen molar-refractivity contribution in [2.45, 2.75) is 53.1 Å². The Morgan fingerprint density at radius 3 is 2.68 bits per heavy atom. The van der Waals surface area contributed by atoms with Gasteiger partial charge in [-0.15, -0.1) is 0 Å². The number of nitrogens with zero attached hydrogens (tertiary/aromatic N) is 5. The van der Waals surface area contributed by atoms with E-state index in [4.69, 9.17) is 0 Å². The Bertz CT molecular complexity index is 908. The molecular formula is C18H24N6O. The molecule has 3 heterocycles. The summed E-state index contributed by atoms with van der Waals surface area (Å²) in [5, 5.41) is 12.4. The second-order valence-corrected chi connectivity index (χ2v) is 6.60. The van der Waals surface area contributed by atoms with Crippen molar-refractivity contribution in [3.8, 4) is 0 Å². The lowest BCUT2D eigenvalue weighted by molar-refractivity contribution is 0.102. The summed E-state index contributed by atoms with van der Waals surface area (Å²) in [6.07, 6.45) is 4.35. The molecule has 0 aromatic carbocycles. The number of amides is 1. The van der Waals surface area contributed by atoms with Crippen LogP contribution in [0.25, 0.3) is 11.0 Å². The van der Waals surface area contributed by atoms with Crippen LogP contribution >= 0.6 is 0 Å². The summed E-state index contributed by atoms with van der Waals surface area (Å²) in [7, 11) is 0. The van der Waals surface area contributed by atoms with Crippen molar-refractivity contribution in [2.24, 2.45) is 0 Å². The largest absolute Gasteiger partial charge is 0.307 e. The minimum Gasteiger partial charge on any atom is -0.307 e. The topological polar surface area (TPSA) is 77.6 Å². The fraction of sp³-hybridized carbons (Fsp3) is 0.444. The van der Waals surface area contributed by atoms with Gasteiger partial charge >= 0.3 is 0 Å². The molecule has 1 amide bonds. The Kier molecular flexibility index (Phi) is 4.57. The number of nitrogens with one attached hydrogen (secondary N) is 1. The third kappa shape index (κ3) is 3.14. The average Bonchev–Trinajstić information content (AvgIpc) is 3.19. The summed E-state index contributed by atoms with van der Waals surface area (Å²) in [6, 6.07) is 4.00. The molecule has 3 rings (SSSR count). The number of anilines is 1. The van der Waals surface area contributed by atoms with Crippen LogP contribution in [0.3, 0.4) is 0 Å². The summed E-state index contributed by atoms with van der Waals surface area (Å²) in [6.45, 7) is 10.1. The van der Waals surface area contributed by atoms with E-state index < -0.39 is 0 Å². The van der Waals surface area contributed by atoms with Gasteiger partial charge in [-0.25, -0.2) is 14.3 Å². The van der Waals surface area contributed by atoms with Crippen LogP contribution in [0, 0.1) is 6.92 Å². The summed E-state index contributed by atoms with van der Waals surface area (Å²) < 4.78 is 3.67. The van der Waals surface area contributed by atoms with Crippen molar-refractivity contribution in [1.29, 1.82) is 0 Å². The molecule has 1 N–H and O–H groups in total. The van der Waals surface area contributed by atoms with Crippen LogP contribution < -0.4 is 5.32 Å². The molecule has 0 saturated carbocycles. The van der Waals surface area contributed by atoms with E-state index in [2.05, 4.69) is 34.3 Å². The molecule has 132 valence electrons. The summed E-state index contributed by atoms with van der Waals surface area (Å²) in [5.41, 5.74) is 2.09. The Morgan fingerprint density at radius 2 is 2.00 bits per heavy atom. The second-order valence-electron chi connectivity index (χ2n) is 6.60. The molecule has 7 heteroatoms. The van der Waals surface area contributed by atoms with Gasteiger partial charge in [-0.2, -0.15) is 10.2 Å². The van der Waals surface area contributed by atoms with Gasteiger partial charge in [-0.05, 0) is 40.2 Å². The van der Waals surface area contributed by atoms with Gasteiger partial charge in [0.25, 0.3) is 5.91 Å². The summed E-state index contributed by atoms with van der Waals surface area (Å²) in [5.74, 6) is 0.516. The fourth-order valence-corrected chi connectivity index (χ4v) is 2.83. The molecule has 0 saturated heterocycles. The number of carbonyl (C=O) groups excluding carboxylic acids is 1. The van der Waals surface area contributed by atoms with E-state index in [1.165, 1.54) is 0 Å². The predicted molar refractivity (Wildman–Crippen MR) is 97.8 cm³/mol. The van der Waals surface area contributed by atoms with E-state index in [1.807, 2.05) is 36.2 Å². The van der Waals surface area contributed by atoms with E-state index in [-0.39, 0.29) is 18.0 Å². The molecule has 0 radical (unpaired) electrons. The van der Waals surface area contributed by atoms with Crippen LogP contribution in [0.15, 0.2) is 24.5 Å². The maximum absolute atomic E-state index is 12.9. The van der Waals surface area contributed by atoms with E-state index in [0.717, 1.165) is 23.1 Å². The normalized spacial score (nSPS) is 12.7. The van der Waals surface area contributed by atoms with Gasteiger partial charge in [-0.3, -0.25) is 4.79 Å². The standard InChI is InChI=1S/C18H24N6O/c1-6-13(5)24-16(7-8-19-24)22-18(25)14-9-12(4)21-17-15(14)10-20-23(17)11(2)3/h7-11,13H,6H2,1-5H3,(H,22,25). The van der Waals surface area contributed by atoms with Gasteiger partial charge in [0.1, 0.15) is 5.82 Å². The van der Waals surface area contributed by atoms with Crippen molar-refractivity contribution in [3.05, 3.63) is 35.8 Å². The number of hydrogen-bond acceptors (Lipinski definition) is 4. The Morgan fingerprint density at radius 1 is 1.24 bits per heavy atom. The fourth-order valence-electron chi connectivity index (χ4n) is 2.83. The Balaban J connectivity index is 1.99. The van der Waals surface area contributed by atoms with Gasteiger partial charge in [0, 0.05) is 17.8 Å². The van der Waals surface area contributed by atoms with Gasteiger partial charge in [0.2, 0.25) is 0 Å². The summed E-state index contributed by atoms with van der Waals surface area (Å²) in [4.78, 5) is 17.5. The highest BCUT2D eigenvalue weighted by atomic mass is 16.1. The maximum atomic E-state index is 12.9. The SMILES string of the molecule is CCC(C)n1nccc1NC(=O)c1cc(C)nc2c1cnn2C(C)C. The third-order valence-corrected chi connectivity index (χ3v) is 4.35. The average molecular weight is 340 g/mol. The Hall–Kier alpha value is -2.70. The minimum atomic E-state index is -0.177. The quantitative estimate of drug-likeness (QED) is 0.767. The van der Waals surface area contributed by atoms with Crippen LogP contribution in [0.1, 0.15) is 62.3 Å². The first-order valence-electron chi connectivity index (χ1n) is 8.62. The third-order valence-electron chi connectivity index (χ3n) is 4.35. The molecule has 0 spiro atoms. The van der Waals surface area contributed by atoms with Crippen LogP contribution in [0.5, 0.6) is 0 Å². The lowest BCUT2D eigenvalue weighted by atomic mass is 10.1. The molecule has 3 aromatic rings. The first-order valence-corrected chi connectivity index (χ1v) is 8.62. The lowest BCUT2D eigenvalue weighted by Gasteiger charge is -2.14. The van der Waals surface area contributed by atoms with E-state index in [1.54, 1.807) is 18.5 Å². The monoisotopic (exact) mass is 340 g/mol. The molecule has 7 nitrogen and oxygen atoms in total. The number of carbonyl (C=O) groups is 1. The summed E-state index contributed by atoms with van der Waals surface area (Å²) >= 11 is 0. The van der Waals surface area contributed by atoms with E-state index in [0.29, 0.717) is 11.4 Å². The molecule has 0 aliphatic carbocycles. The first-order chi connectivity index (χ1) is 11.9. The van der Waals surface area contributed by atoms with Crippen molar-refractivity contribution >= 4 is 22.8 Å². The molecule has 0 bridgehead atoms. The van der Waals surface area contributed by atoms with Crippen molar-refractivity contribution in [3.63, 3.8) is 0 Å². The minimum absolute atomic E-state index is 0.176. The highest BCUT2D eigenvalue weighted by Gasteiger charge is 2.18.